The molecule has 9 heteroatoms. The second-order valence-electron chi connectivity index (χ2n) is 6.36. The van der Waals surface area contributed by atoms with Crippen molar-refractivity contribution in [2.24, 2.45) is 0 Å². The van der Waals surface area contributed by atoms with Crippen LogP contribution in [0.2, 0.25) is 0 Å². The number of hydrogen-bond donors (Lipinski definition) is 1. The average Bonchev–Trinajstić information content (AvgIpc) is 2.72. The number of nitrogens with zero attached hydrogens (tertiary/aromatic N) is 3. The zero-order chi connectivity index (χ0) is 21.6. The molecule has 0 aliphatic carbocycles. The number of carbonyl (C=O) groups is 1. The Morgan fingerprint density at radius 2 is 1.97 bits per heavy atom. The first kappa shape index (κ1) is 21.2. The summed E-state index contributed by atoms with van der Waals surface area (Å²) >= 11 is 0. The first-order chi connectivity index (χ1) is 14.3. The summed E-state index contributed by atoms with van der Waals surface area (Å²) in [4.78, 5) is 23.1. The molecule has 1 aromatic carbocycles. The number of halogens is 3. The zero-order valence-corrected chi connectivity index (χ0v) is 16.1. The van der Waals surface area contributed by atoms with Gasteiger partial charge in [0.25, 0.3) is 0 Å². The predicted molar refractivity (Wildman–Crippen MR) is 105 cm³/mol. The predicted octanol–water partition coefficient (Wildman–Crippen LogP) is 4.80. The van der Waals surface area contributed by atoms with Crippen LogP contribution < -0.4 is 5.32 Å². The van der Waals surface area contributed by atoms with E-state index in [9.17, 15) is 18.0 Å². The number of nitrogens with one attached hydrogen (secondary N) is 1. The molecule has 2 aromatic heterocycles. The van der Waals surface area contributed by atoms with Crippen molar-refractivity contribution in [3.05, 3.63) is 66.2 Å². The van der Waals surface area contributed by atoms with Crippen molar-refractivity contribution in [1.82, 2.24) is 15.0 Å². The molecule has 30 heavy (non-hydrogen) atoms. The number of aryl methyl sites for hydroxylation is 1. The minimum absolute atomic E-state index is 0.150. The van der Waals surface area contributed by atoms with Crippen molar-refractivity contribution in [2.75, 3.05) is 11.9 Å². The number of aromatic nitrogens is 3. The van der Waals surface area contributed by atoms with Gasteiger partial charge in [0, 0.05) is 36.3 Å². The molecule has 0 spiro atoms. The van der Waals surface area contributed by atoms with E-state index in [0.717, 1.165) is 29.0 Å². The maximum absolute atomic E-state index is 12.8. The van der Waals surface area contributed by atoms with Crippen molar-refractivity contribution < 1.29 is 22.7 Å². The van der Waals surface area contributed by atoms with Crippen LogP contribution in [-0.2, 0) is 22.1 Å². The van der Waals surface area contributed by atoms with Crippen LogP contribution in [-0.4, -0.2) is 27.5 Å². The Morgan fingerprint density at radius 1 is 1.13 bits per heavy atom. The van der Waals surface area contributed by atoms with Crippen molar-refractivity contribution in [1.29, 1.82) is 0 Å². The van der Waals surface area contributed by atoms with Gasteiger partial charge in [-0.3, -0.25) is 9.78 Å². The standard InChI is InChI=1S/C21H19F3N4O2/c1-2-30-19(29)7-6-14-10-16(13-25-12-14)15-4-3-5-17(11-15)27-20-26-9-8-18(28-20)21(22,23)24/h3-5,8-13H,2,6-7H2,1H3,(H,26,27,28). The molecule has 0 amide bonds. The van der Waals surface area contributed by atoms with Gasteiger partial charge in [0.05, 0.1) is 6.61 Å². The Hall–Kier alpha value is -3.49. The van der Waals surface area contributed by atoms with E-state index >= 15 is 0 Å². The molecule has 1 N–H and O–H groups in total. The number of esters is 1. The summed E-state index contributed by atoms with van der Waals surface area (Å²) < 4.78 is 43.4. The highest BCUT2D eigenvalue weighted by atomic mass is 19.4. The molecule has 0 saturated carbocycles. The second kappa shape index (κ2) is 9.34. The SMILES string of the molecule is CCOC(=O)CCc1cncc(-c2cccc(Nc3nccc(C(F)(F)F)n3)c2)c1. The Labute approximate surface area is 171 Å². The van der Waals surface area contributed by atoms with Crippen molar-refractivity contribution in [3.8, 4) is 11.1 Å². The number of ether oxygens (including phenoxy) is 1. The number of benzene rings is 1. The van der Waals surface area contributed by atoms with Gasteiger partial charge in [-0.2, -0.15) is 13.2 Å². The third kappa shape index (κ3) is 5.76. The lowest BCUT2D eigenvalue weighted by Gasteiger charge is -2.10. The van der Waals surface area contributed by atoms with Gasteiger partial charge in [-0.15, -0.1) is 0 Å². The van der Waals surface area contributed by atoms with Crippen molar-refractivity contribution in [3.63, 3.8) is 0 Å². The fraction of sp³-hybridized carbons (Fsp3) is 0.238. The highest BCUT2D eigenvalue weighted by Gasteiger charge is 2.32. The van der Waals surface area contributed by atoms with Crippen molar-refractivity contribution >= 4 is 17.6 Å². The molecule has 0 radical (unpaired) electrons. The molecule has 0 fully saturated rings. The smallest absolute Gasteiger partial charge is 0.433 e. The molecule has 0 unspecified atom stereocenters. The van der Waals surface area contributed by atoms with E-state index in [1.165, 1.54) is 0 Å². The largest absolute Gasteiger partial charge is 0.466 e. The van der Waals surface area contributed by atoms with E-state index in [1.54, 1.807) is 37.5 Å². The summed E-state index contributed by atoms with van der Waals surface area (Å²) in [6.07, 6.45) is 0.619. The van der Waals surface area contributed by atoms with Gasteiger partial charge in [0.15, 0.2) is 0 Å². The number of rotatable bonds is 7. The third-order valence-electron chi connectivity index (χ3n) is 4.12. The van der Waals surface area contributed by atoms with Gasteiger partial charge < -0.3 is 10.1 Å². The first-order valence-corrected chi connectivity index (χ1v) is 9.22. The van der Waals surface area contributed by atoms with Gasteiger partial charge >= 0.3 is 12.1 Å². The van der Waals surface area contributed by atoms with E-state index < -0.39 is 11.9 Å². The number of hydrogen-bond acceptors (Lipinski definition) is 6. The van der Waals surface area contributed by atoms with Gasteiger partial charge in [-0.25, -0.2) is 9.97 Å². The van der Waals surface area contributed by atoms with Gasteiger partial charge in [-0.05, 0) is 48.7 Å². The maximum Gasteiger partial charge on any atom is 0.433 e. The molecule has 6 nitrogen and oxygen atoms in total. The molecule has 0 saturated heterocycles. The summed E-state index contributed by atoms with van der Waals surface area (Å²) in [5, 5.41) is 2.79. The van der Waals surface area contributed by atoms with Crippen LogP contribution in [0.1, 0.15) is 24.6 Å². The molecule has 0 bridgehead atoms. The summed E-state index contributed by atoms with van der Waals surface area (Å²) in [6.45, 7) is 2.10. The molecule has 156 valence electrons. The number of alkyl halides is 3. The topological polar surface area (TPSA) is 77.0 Å². The van der Waals surface area contributed by atoms with Crippen LogP contribution in [0.4, 0.5) is 24.8 Å². The fourth-order valence-corrected chi connectivity index (χ4v) is 2.74. The van der Waals surface area contributed by atoms with Gasteiger partial charge in [0.1, 0.15) is 5.69 Å². The minimum Gasteiger partial charge on any atom is -0.466 e. The highest BCUT2D eigenvalue weighted by Crippen LogP contribution is 2.29. The molecule has 3 aromatic rings. The van der Waals surface area contributed by atoms with Crippen LogP contribution in [0.15, 0.2) is 55.0 Å². The summed E-state index contributed by atoms with van der Waals surface area (Å²) in [7, 11) is 0. The van der Waals surface area contributed by atoms with E-state index in [2.05, 4.69) is 20.3 Å². The number of carbonyl (C=O) groups excluding carboxylic acids is 1. The van der Waals surface area contributed by atoms with Crippen molar-refractivity contribution in [2.45, 2.75) is 25.9 Å². The summed E-state index contributed by atoms with van der Waals surface area (Å²) in [5.41, 5.74) is 2.00. The number of pyridine rings is 1. The number of anilines is 2. The van der Waals surface area contributed by atoms with E-state index in [-0.39, 0.29) is 18.3 Å². The monoisotopic (exact) mass is 416 g/mol. The van der Waals surface area contributed by atoms with Gasteiger partial charge in [-0.1, -0.05) is 12.1 Å². The Kier molecular flexibility index (Phi) is 6.61. The summed E-state index contributed by atoms with van der Waals surface area (Å²) in [5.74, 6) is -0.418. The Balaban J connectivity index is 1.76. The normalized spacial score (nSPS) is 11.2. The van der Waals surface area contributed by atoms with Crippen LogP contribution in [0.3, 0.4) is 0 Å². The Morgan fingerprint density at radius 3 is 2.73 bits per heavy atom. The molecule has 0 aliphatic rings. The van der Waals surface area contributed by atoms with E-state index in [4.69, 9.17) is 4.74 Å². The Bertz CT molecular complexity index is 1020. The molecule has 2 heterocycles. The molecule has 3 rings (SSSR count). The lowest BCUT2D eigenvalue weighted by molar-refractivity contribution is -0.143. The molecule has 0 atom stereocenters. The first-order valence-electron chi connectivity index (χ1n) is 9.22. The lowest BCUT2D eigenvalue weighted by Crippen LogP contribution is -2.10. The highest BCUT2D eigenvalue weighted by molar-refractivity contribution is 5.71. The minimum atomic E-state index is -4.54. The van der Waals surface area contributed by atoms with E-state index in [0.29, 0.717) is 18.7 Å². The molecular weight excluding hydrogens is 397 g/mol. The zero-order valence-electron chi connectivity index (χ0n) is 16.1. The molecule has 0 aliphatic heterocycles. The van der Waals surface area contributed by atoms with E-state index in [1.807, 2.05) is 12.1 Å². The third-order valence-corrected chi connectivity index (χ3v) is 4.12. The lowest BCUT2D eigenvalue weighted by atomic mass is 10.0. The maximum atomic E-state index is 12.8. The fourth-order valence-electron chi connectivity index (χ4n) is 2.74. The van der Waals surface area contributed by atoms with Gasteiger partial charge in [0.2, 0.25) is 5.95 Å². The van der Waals surface area contributed by atoms with Crippen LogP contribution in [0.25, 0.3) is 11.1 Å². The van der Waals surface area contributed by atoms with Crippen LogP contribution in [0, 0.1) is 0 Å². The second-order valence-corrected chi connectivity index (χ2v) is 6.36. The quantitative estimate of drug-likeness (QED) is 0.558. The average molecular weight is 416 g/mol. The van der Waals surface area contributed by atoms with Crippen LogP contribution >= 0.6 is 0 Å². The molecular formula is C21H19F3N4O2. The van der Waals surface area contributed by atoms with Crippen LogP contribution in [0.5, 0.6) is 0 Å². The summed E-state index contributed by atoms with van der Waals surface area (Å²) in [6, 6.07) is 9.79.